The predicted octanol–water partition coefficient (Wildman–Crippen LogP) is 1.65. The molecule has 0 radical (unpaired) electrons. The van der Waals surface area contributed by atoms with Crippen LogP contribution in [0, 0.1) is 0 Å². The predicted molar refractivity (Wildman–Crippen MR) is 63.2 cm³/mol. The number of nitrogens with one attached hydrogen (secondary N) is 1. The first-order valence-corrected chi connectivity index (χ1v) is 5.95. The summed E-state index contributed by atoms with van der Waals surface area (Å²) in [4.78, 5) is 15.1. The highest BCUT2D eigenvalue weighted by molar-refractivity contribution is 8.01. The molecule has 1 aliphatic rings. The maximum Gasteiger partial charge on any atom is 0.322 e. The molecule has 0 saturated carbocycles. The number of rotatable bonds is 2. The maximum atomic E-state index is 11.1. The Balaban J connectivity index is 2.21. The molecule has 16 heavy (non-hydrogen) atoms. The average Bonchev–Trinajstić information content (AvgIpc) is 2.56. The summed E-state index contributed by atoms with van der Waals surface area (Å²) in [6.07, 6.45) is 3.44. The minimum absolute atomic E-state index is 0.0269. The van der Waals surface area contributed by atoms with Crippen LogP contribution >= 0.6 is 11.8 Å². The van der Waals surface area contributed by atoms with Gasteiger partial charge in [0.15, 0.2) is 0 Å². The molecule has 2 heterocycles. The quantitative estimate of drug-likeness (QED) is 0.820. The number of carboxylic acid groups (broad SMARTS) is 1. The monoisotopic (exact) mass is 238 g/mol. The largest absolute Gasteiger partial charge is 0.480 e. The lowest BCUT2D eigenvalue weighted by molar-refractivity contribution is -0.139. The van der Waals surface area contributed by atoms with Crippen molar-refractivity contribution in [3.8, 4) is 0 Å². The van der Waals surface area contributed by atoms with Gasteiger partial charge in [0.2, 0.25) is 0 Å². The van der Waals surface area contributed by atoms with Crippen molar-refractivity contribution in [3.05, 3.63) is 30.1 Å². The Morgan fingerprint density at radius 3 is 2.62 bits per heavy atom. The van der Waals surface area contributed by atoms with E-state index in [0.29, 0.717) is 0 Å². The van der Waals surface area contributed by atoms with Crippen molar-refractivity contribution in [2.24, 2.45) is 0 Å². The first-order valence-electron chi connectivity index (χ1n) is 5.07. The second-order valence-electron chi connectivity index (χ2n) is 4.32. The number of nitrogens with zero attached hydrogens (tertiary/aromatic N) is 1. The molecule has 2 N–H and O–H groups in total. The summed E-state index contributed by atoms with van der Waals surface area (Å²) >= 11 is 1.64. The van der Waals surface area contributed by atoms with Crippen LogP contribution in [0.3, 0.4) is 0 Å². The van der Waals surface area contributed by atoms with Crippen LogP contribution < -0.4 is 5.32 Å². The van der Waals surface area contributed by atoms with E-state index in [4.69, 9.17) is 5.11 Å². The number of hydrogen-bond donors (Lipinski definition) is 2. The third-order valence-corrected chi connectivity index (χ3v) is 4.18. The number of aliphatic carboxylic acids is 1. The number of hydrogen-bond acceptors (Lipinski definition) is 4. The summed E-state index contributed by atoms with van der Waals surface area (Å²) in [7, 11) is 0. The topological polar surface area (TPSA) is 62.2 Å². The molecule has 1 unspecified atom stereocenters. The number of carbonyl (C=O) groups is 1. The molecule has 1 aromatic heterocycles. The van der Waals surface area contributed by atoms with Gasteiger partial charge in [0, 0.05) is 17.1 Å². The van der Waals surface area contributed by atoms with Crippen LogP contribution in [-0.4, -0.2) is 26.8 Å². The fourth-order valence-corrected chi connectivity index (χ4v) is 3.24. The van der Waals surface area contributed by atoms with E-state index in [1.54, 1.807) is 24.2 Å². The summed E-state index contributed by atoms with van der Waals surface area (Å²) in [5, 5.41) is 12.3. The molecule has 2 rings (SSSR count). The van der Waals surface area contributed by atoms with E-state index in [-0.39, 0.29) is 10.1 Å². The molecule has 0 spiro atoms. The highest BCUT2D eigenvalue weighted by atomic mass is 32.2. The number of carboxylic acids is 1. The van der Waals surface area contributed by atoms with Crippen LogP contribution in [0.5, 0.6) is 0 Å². The molecule has 1 aromatic rings. The summed E-state index contributed by atoms with van der Waals surface area (Å²) < 4.78 is -0.306. The van der Waals surface area contributed by atoms with Gasteiger partial charge in [-0.05, 0) is 31.5 Å². The van der Waals surface area contributed by atoms with E-state index >= 15 is 0 Å². The Kier molecular flexibility index (Phi) is 2.90. The van der Waals surface area contributed by atoms with Gasteiger partial charge in [0.05, 0.1) is 5.37 Å². The molecule has 1 aliphatic heterocycles. The second-order valence-corrected chi connectivity index (χ2v) is 6.08. The molecule has 1 saturated heterocycles. The summed E-state index contributed by atoms with van der Waals surface area (Å²) in [6.45, 7) is 3.90. The molecule has 4 nitrogen and oxygen atoms in total. The first-order chi connectivity index (χ1) is 7.50. The minimum atomic E-state index is -0.797. The molecular formula is C11H14N2O2S. The van der Waals surface area contributed by atoms with Crippen molar-refractivity contribution < 1.29 is 9.90 Å². The van der Waals surface area contributed by atoms with Gasteiger partial charge >= 0.3 is 5.97 Å². The second kappa shape index (κ2) is 4.07. The van der Waals surface area contributed by atoms with Gasteiger partial charge in [-0.25, -0.2) is 0 Å². The van der Waals surface area contributed by atoms with Gasteiger partial charge in [-0.1, -0.05) is 0 Å². The molecule has 0 aliphatic carbocycles. The minimum Gasteiger partial charge on any atom is -0.480 e. The van der Waals surface area contributed by atoms with Gasteiger partial charge in [-0.3, -0.25) is 15.1 Å². The first kappa shape index (κ1) is 11.4. The van der Waals surface area contributed by atoms with Crippen molar-refractivity contribution in [2.45, 2.75) is 30.0 Å². The third kappa shape index (κ3) is 2.05. The van der Waals surface area contributed by atoms with Gasteiger partial charge in [-0.2, -0.15) is 0 Å². The van der Waals surface area contributed by atoms with Crippen molar-refractivity contribution in [2.75, 3.05) is 0 Å². The molecule has 1 fully saturated rings. The molecule has 5 heteroatoms. The third-order valence-electron chi connectivity index (χ3n) is 2.69. The normalized spacial score (nSPS) is 27.9. The summed E-state index contributed by atoms with van der Waals surface area (Å²) in [6, 6.07) is 3.30. The van der Waals surface area contributed by atoms with Gasteiger partial charge in [0.25, 0.3) is 0 Å². The van der Waals surface area contributed by atoms with Gasteiger partial charge < -0.3 is 5.11 Å². The van der Waals surface area contributed by atoms with Crippen LogP contribution in [0.25, 0.3) is 0 Å². The average molecular weight is 238 g/mol. The summed E-state index contributed by atoms with van der Waals surface area (Å²) in [5.41, 5.74) is 1.07. The van der Waals surface area contributed by atoms with Crippen molar-refractivity contribution in [3.63, 3.8) is 0 Å². The molecule has 0 amide bonds. The van der Waals surface area contributed by atoms with Gasteiger partial charge in [0.1, 0.15) is 6.04 Å². The van der Waals surface area contributed by atoms with Crippen molar-refractivity contribution >= 4 is 17.7 Å². The maximum absolute atomic E-state index is 11.1. The Bertz CT molecular complexity index is 394. The van der Waals surface area contributed by atoms with Crippen LogP contribution in [0.1, 0.15) is 24.8 Å². The van der Waals surface area contributed by atoms with Crippen molar-refractivity contribution in [1.29, 1.82) is 0 Å². The highest BCUT2D eigenvalue weighted by Gasteiger charge is 2.45. The lowest BCUT2D eigenvalue weighted by Gasteiger charge is -2.20. The smallest absolute Gasteiger partial charge is 0.322 e. The fourth-order valence-electron chi connectivity index (χ4n) is 1.83. The lowest BCUT2D eigenvalue weighted by Crippen LogP contribution is -2.43. The number of pyridine rings is 1. The highest BCUT2D eigenvalue weighted by Crippen LogP contribution is 2.45. The van der Waals surface area contributed by atoms with E-state index in [0.717, 1.165) is 5.56 Å². The Morgan fingerprint density at radius 1 is 1.50 bits per heavy atom. The standard InChI is InChI=1S/C11H14N2O2S/c1-11(2)8(10(14)15)13-9(16-11)7-3-5-12-6-4-7/h3-6,8-9,13H,1-2H3,(H,14,15)/t8-,9?/m0/s1. The fraction of sp³-hybridized carbons (Fsp3) is 0.455. The Morgan fingerprint density at radius 2 is 2.12 bits per heavy atom. The van der Waals surface area contributed by atoms with Crippen molar-refractivity contribution in [1.82, 2.24) is 10.3 Å². The zero-order chi connectivity index (χ0) is 11.8. The Labute approximate surface area is 98.5 Å². The van der Waals surface area contributed by atoms with Crippen LogP contribution in [0.15, 0.2) is 24.5 Å². The van der Waals surface area contributed by atoms with Gasteiger partial charge in [-0.15, -0.1) is 11.8 Å². The zero-order valence-corrected chi connectivity index (χ0v) is 9.99. The number of aromatic nitrogens is 1. The zero-order valence-electron chi connectivity index (χ0n) is 9.18. The van der Waals surface area contributed by atoms with E-state index in [9.17, 15) is 4.79 Å². The Hall–Kier alpha value is -1.07. The van der Waals surface area contributed by atoms with Crippen LogP contribution in [0.4, 0.5) is 0 Å². The molecule has 86 valence electrons. The SMILES string of the molecule is CC1(C)SC(c2ccncc2)N[C@H]1C(=O)O. The van der Waals surface area contributed by atoms with E-state index < -0.39 is 12.0 Å². The van der Waals surface area contributed by atoms with Crippen LogP contribution in [-0.2, 0) is 4.79 Å². The number of thioether (sulfide) groups is 1. The molecule has 2 atom stereocenters. The van der Waals surface area contributed by atoms with E-state index in [2.05, 4.69) is 10.3 Å². The van der Waals surface area contributed by atoms with E-state index in [1.807, 2.05) is 26.0 Å². The lowest BCUT2D eigenvalue weighted by atomic mass is 10.0. The van der Waals surface area contributed by atoms with E-state index in [1.165, 1.54) is 0 Å². The molecular weight excluding hydrogens is 224 g/mol. The molecule has 0 bridgehead atoms. The molecule has 0 aromatic carbocycles. The van der Waals surface area contributed by atoms with Crippen LogP contribution in [0.2, 0.25) is 0 Å². The summed E-state index contributed by atoms with van der Waals surface area (Å²) in [5.74, 6) is -0.797.